The quantitative estimate of drug-likeness (QED) is 0.516. The first-order chi connectivity index (χ1) is 11.6. The summed E-state index contributed by atoms with van der Waals surface area (Å²) >= 11 is 0. The summed E-state index contributed by atoms with van der Waals surface area (Å²) in [5.74, 6) is 2.03. The molecule has 3 fully saturated rings. The highest BCUT2D eigenvalue weighted by atomic mass is 16.4. The van der Waals surface area contributed by atoms with Gasteiger partial charge in [0, 0.05) is 6.42 Å². The normalized spacial score (nSPS) is 53.9. The van der Waals surface area contributed by atoms with Gasteiger partial charge in [0.1, 0.15) is 5.71 Å². The van der Waals surface area contributed by atoms with Gasteiger partial charge in [-0.05, 0) is 79.6 Å². The molecule has 0 radical (unpaired) electrons. The summed E-state index contributed by atoms with van der Waals surface area (Å²) in [6, 6.07) is 0. The van der Waals surface area contributed by atoms with E-state index in [2.05, 4.69) is 25.9 Å². The third kappa shape index (κ3) is 2.09. The lowest BCUT2D eigenvalue weighted by Gasteiger charge is -2.60. The van der Waals surface area contributed by atoms with Gasteiger partial charge in [0.15, 0.2) is 0 Å². The van der Waals surface area contributed by atoms with Gasteiger partial charge in [-0.1, -0.05) is 31.5 Å². The van der Waals surface area contributed by atoms with Gasteiger partial charge < -0.3 is 10.3 Å². The topological polar surface area (TPSA) is 69.9 Å². The number of hydrogen-bond acceptors (Lipinski definition) is 4. The number of carbonyl (C=O) groups excluding carboxylic acids is 1. The van der Waals surface area contributed by atoms with Gasteiger partial charge in [0.25, 0.3) is 0 Å². The van der Waals surface area contributed by atoms with Crippen LogP contribution < -0.4 is 0 Å². The van der Waals surface area contributed by atoms with Gasteiger partial charge in [-0.25, -0.2) is 0 Å². The molecule has 0 aliphatic heterocycles. The van der Waals surface area contributed by atoms with E-state index in [0.29, 0.717) is 35.8 Å². The molecule has 25 heavy (non-hydrogen) atoms. The molecule has 3 saturated carbocycles. The van der Waals surface area contributed by atoms with Crippen molar-refractivity contribution in [1.82, 2.24) is 0 Å². The van der Waals surface area contributed by atoms with Crippen LogP contribution in [0.15, 0.2) is 16.8 Å². The third-order valence-electron chi connectivity index (χ3n) is 8.89. The first kappa shape index (κ1) is 17.3. The van der Waals surface area contributed by atoms with Crippen LogP contribution in [-0.2, 0) is 4.79 Å². The SMILES string of the molecule is C[C@@H]1CC2=CC(=O)/C(=N\O)C[C@]2(C)[C@H]2CC[C@@]3(C)[C@@H](CC[C@]3(C)O)[C@H]12. The van der Waals surface area contributed by atoms with E-state index in [1.54, 1.807) is 6.08 Å². The average molecular weight is 345 g/mol. The molecule has 7 atom stereocenters. The summed E-state index contributed by atoms with van der Waals surface area (Å²) in [6.07, 6.45) is 7.39. The molecule has 2 N–H and O–H groups in total. The Morgan fingerprint density at radius 1 is 1.16 bits per heavy atom. The first-order valence-electron chi connectivity index (χ1n) is 9.83. The number of hydrogen-bond donors (Lipinski definition) is 2. The molecule has 0 aromatic heterocycles. The molecule has 0 aromatic carbocycles. The van der Waals surface area contributed by atoms with E-state index in [1.165, 1.54) is 5.57 Å². The minimum Gasteiger partial charge on any atom is -0.411 e. The van der Waals surface area contributed by atoms with Crippen LogP contribution in [0.2, 0.25) is 0 Å². The maximum absolute atomic E-state index is 12.2. The molecule has 0 bridgehead atoms. The summed E-state index contributed by atoms with van der Waals surface area (Å²) in [6.45, 7) is 8.93. The van der Waals surface area contributed by atoms with Crippen molar-refractivity contribution < 1.29 is 15.1 Å². The molecule has 138 valence electrons. The van der Waals surface area contributed by atoms with Crippen LogP contribution in [0.4, 0.5) is 0 Å². The highest BCUT2D eigenvalue weighted by Crippen LogP contribution is 2.68. The van der Waals surface area contributed by atoms with Crippen molar-refractivity contribution in [1.29, 1.82) is 0 Å². The Balaban J connectivity index is 1.76. The van der Waals surface area contributed by atoms with E-state index in [4.69, 9.17) is 0 Å². The first-order valence-corrected chi connectivity index (χ1v) is 9.83. The van der Waals surface area contributed by atoms with E-state index in [-0.39, 0.29) is 16.6 Å². The zero-order valence-corrected chi connectivity index (χ0v) is 15.9. The number of allylic oxidation sites excluding steroid dienone is 1. The molecule has 0 saturated heterocycles. The van der Waals surface area contributed by atoms with Gasteiger partial charge >= 0.3 is 0 Å². The fourth-order valence-corrected chi connectivity index (χ4v) is 7.16. The lowest BCUT2D eigenvalue weighted by molar-refractivity contribution is -0.128. The monoisotopic (exact) mass is 345 g/mol. The van der Waals surface area contributed by atoms with Crippen molar-refractivity contribution in [3.05, 3.63) is 11.6 Å². The molecule has 4 aliphatic carbocycles. The van der Waals surface area contributed by atoms with Gasteiger partial charge in [-0.15, -0.1) is 0 Å². The molecule has 0 unspecified atom stereocenters. The Hall–Kier alpha value is -1.16. The Morgan fingerprint density at radius 2 is 1.84 bits per heavy atom. The van der Waals surface area contributed by atoms with Gasteiger partial charge in [-0.2, -0.15) is 0 Å². The van der Waals surface area contributed by atoms with Crippen LogP contribution in [0, 0.1) is 34.5 Å². The highest BCUT2D eigenvalue weighted by Gasteiger charge is 2.64. The van der Waals surface area contributed by atoms with E-state index in [0.717, 1.165) is 32.1 Å². The third-order valence-corrected chi connectivity index (χ3v) is 8.89. The zero-order valence-electron chi connectivity index (χ0n) is 15.9. The molecular formula is C21H31NO3. The summed E-state index contributed by atoms with van der Waals surface area (Å²) in [5.41, 5.74) is 0.916. The van der Waals surface area contributed by atoms with Crippen molar-refractivity contribution in [2.45, 2.75) is 71.8 Å². The predicted molar refractivity (Wildman–Crippen MR) is 96.5 cm³/mol. The van der Waals surface area contributed by atoms with Crippen LogP contribution in [0.1, 0.15) is 66.2 Å². The van der Waals surface area contributed by atoms with Gasteiger partial charge in [0.2, 0.25) is 5.78 Å². The molecular weight excluding hydrogens is 314 g/mol. The molecule has 4 rings (SSSR count). The summed E-state index contributed by atoms with van der Waals surface area (Å²) in [4.78, 5) is 12.2. The van der Waals surface area contributed by atoms with Crippen LogP contribution in [0.3, 0.4) is 0 Å². The minimum absolute atomic E-state index is 0.00160. The smallest absolute Gasteiger partial charge is 0.203 e. The van der Waals surface area contributed by atoms with Gasteiger partial charge in [0.05, 0.1) is 5.60 Å². The average Bonchev–Trinajstić information content (AvgIpc) is 2.79. The largest absolute Gasteiger partial charge is 0.411 e. The Labute approximate surface area is 150 Å². The second-order valence-electron chi connectivity index (χ2n) is 9.92. The van der Waals surface area contributed by atoms with Gasteiger partial charge in [-0.3, -0.25) is 4.79 Å². The summed E-state index contributed by atoms with van der Waals surface area (Å²) in [5, 5.41) is 23.6. The Bertz CT molecular complexity index is 679. The van der Waals surface area contributed by atoms with Crippen molar-refractivity contribution in [2.24, 2.45) is 39.7 Å². The zero-order chi connectivity index (χ0) is 18.2. The maximum atomic E-state index is 12.2. The molecule has 0 heterocycles. The number of carbonyl (C=O) groups is 1. The number of rotatable bonds is 0. The number of ketones is 1. The summed E-state index contributed by atoms with van der Waals surface area (Å²) < 4.78 is 0. The highest BCUT2D eigenvalue weighted by molar-refractivity contribution is 6.44. The van der Waals surface area contributed by atoms with E-state index < -0.39 is 5.60 Å². The number of aliphatic hydroxyl groups is 1. The fraction of sp³-hybridized carbons (Fsp3) is 0.810. The van der Waals surface area contributed by atoms with Crippen molar-refractivity contribution in [3.63, 3.8) is 0 Å². The molecule has 0 spiro atoms. The maximum Gasteiger partial charge on any atom is 0.203 e. The van der Waals surface area contributed by atoms with Crippen molar-refractivity contribution >= 4 is 11.5 Å². The second-order valence-corrected chi connectivity index (χ2v) is 9.92. The molecule has 4 nitrogen and oxygen atoms in total. The number of fused-ring (bicyclic) bond motifs is 5. The lowest BCUT2D eigenvalue weighted by Crippen LogP contribution is -2.56. The van der Waals surface area contributed by atoms with Crippen molar-refractivity contribution in [3.8, 4) is 0 Å². The van der Waals surface area contributed by atoms with Crippen LogP contribution in [-0.4, -0.2) is 27.4 Å². The number of oxime groups is 1. The Morgan fingerprint density at radius 3 is 2.52 bits per heavy atom. The molecule has 0 aromatic rings. The Kier molecular flexibility index (Phi) is 3.58. The van der Waals surface area contributed by atoms with E-state index in [1.807, 2.05) is 6.92 Å². The standard InChI is InChI=1S/C21H31NO3/c1-12-9-13-10-17(23)16(22-25)11-19(13,2)14-5-7-20(3)15(18(12)14)6-8-21(20,4)24/h10,12,14-15,18,24-25H,5-9,11H2,1-4H3/b22-16-/t12-,14+,15+,18-,19+,20+,21+/m1/s1. The molecule has 4 heteroatoms. The fourth-order valence-electron chi connectivity index (χ4n) is 7.16. The van der Waals surface area contributed by atoms with Crippen LogP contribution in [0.25, 0.3) is 0 Å². The number of nitrogens with zero attached hydrogens (tertiary/aromatic N) is 1. The van der Waals surface area contributed by atoms with Crippen molar-refractivity contribution in [2.75, 3.05) is 0 Å². The predicted octanol–water partition coefficient (Wildman–Crippen LogP) is 3.96. The molecule has 0 amide bonds. The minimum atomic E-state index is -0.570. The van der Waals surface area contributed by atoms with E-state index in [9.17, 15) is 15.1 Å². The molecule has 4 aliphatic rings. The summed E-state index contributed by atoms with van der Waals surface area (Å²) in [7, 11) is 0. The van der Waals surface area contributed by atoms with E-state index >= 15 is 0 Å². The van der Waals surface area contributed by atoms with Crippen LogP contribution >= 0.6 is 0 Å². The van der Waals surface area contributed by atoms with Crippen LogP contribution in [0.5, 0.6) is 0 Å². The second kappa shape index (κ2) is 5.18. The lowest BCUT2D eigenvalue weighted by atomic mass is 9.44.